The molecule has 1 aliphatic heterocycles. The fourth-order valence-electron chi connectivity index (χ4n) is 3.02. The number of rotatable bonds is 6. The van der Waals surface area contributed by atoms with Crippen molar-refractivity contribution in [3.8, 4) is 5.75 Å². The Labute approximate surface area is 173 Å². The molecule has 29 heavy (non-hydrogen) atoms. The van der Waals surface area contributed by atoms with Crippen molar-refractivity contribution in [1.82, 2.24) is 10.2 Å². The minimum Gasteiger partial charge on any atom is -0.483 e. The quantitative estimate of drug-likeness (QED) is 0.667. The smallest absolute Gasteiger partial charge is 0.257 e. The summed E-state index contributed by atoms with van der Waals surface area (Å²) in [5, 5.41) is 12.2. The first kappa shape index (κ1) is 19.4. The van der Waals surface area contributed by atoms with Crippen LogP contribution in [0.5, 0.6) is 5.75 Å². The number of aromatic nitrogens is 2. The van der Waals surface area contributed by atoms with E-state index >= 15 is 0 Å². The van der Waals surface area contributed by atoms with Gasteiger partial charge in [-0.2, -0.15) is 0 Å². The van der Waals surface area contributed by atoms with Gasteiger partial charge in [0.05, 0.1) is 13.2 Å². The van der Waals surface area contributed by atoms with Crippen molar-refractivity contribution >= 4 is 28.1 Å². The number of carbonyl (C=O) groups excluding carboxylic acids is 1. The number of morpholine rings is 1. The number of nitrogens with one attached hydrogen (secondary N) is 1. The number of benzene rings is 2. The molecule has 150 valence electrons. The average molecular weight is 410 g/mol. The Hall–Kier alpha value is -2.97. The van der Waals surface area contributed by atoms with Gasteiger partial charge in [-0.3, -0.25) is 10.1 Å². The second-order valence-electron chi connectivity index (χ2n) is 6.62. The second kappa shape index (κ2) is 9.02. The summed E-state index contributed by atoms with van der Waals surface area (Å²) in [4.78, 5) is 14.8. The van der Waals surface area contributed by atoms with E-state index in [-0.39, 0.29) is 12.0 Å². The lowest BCUT2D eigenvalue weighted by Gasteiger charge is -2.28. The molecular formula is C21H22N4O3S. The topological polar surface area (TPSA) is 76.6 Å². The third-order valence-electron chi connectivity index (χ3n) is 4.57. The molecule has 1 saturated heterocycles. The molecule has 1 atom stereocenters. The average Bonchev–Trinajstić information content (AvgIpc) is 3.24. The van der Waals surface area contributed by atoms with E-state index in [0.29, 0.717) is 15.7 Å². The van der Waals surface area contributed by atoms with E-state index in [1.807, 2.05) is 61.5 Å². The van der Waals surface area contributed by atoms with Crippen molar-refractivity contribution in [2.24, 2.45) is 0 Å². The van der Waals surface area contributed by atoms with Crippen molar-refractivity contribution in [1.29, 1.82) is 0 Å². The van der Waals surface area contributed by atoms with Gasteiger partial charge in [-0.1, -0.05) is 29.5 Å². The van der Waals surface area contributed by atoms with Crippen molar-refractivity contribution in [3.05, 3.63) is 65.2 Å². The van der Waals surface area contributed by atoms with Crippen LogP contribution in [-0.2, 0) is 4.74 Å². The monoisotopic (exact) mass is 410 g/mol. The molecule has 7 nitrogen and oxygen atoms in total. The highest BCUT2D eigenvalue weighted by molar-refractivity contribution is 7.15. The summed E-state index contributed by atoms with van der Waals surface area (Å²) in [7, 11) is 0. The summed E-state index contributed by atoms with van der Waals surface area (Å²) in [6, 6.07) is 17.1. The summed E-state index contributed by atoms with van der Waals surface area (Å²) in [6.45, 7) is 5.09. The van der Waals surface area contributed by atoms with Crippen LogP contribution in [0.3, 0.4) is 0 Å². The Balaban J connectivity index is 1.36. The van der Waals surface area contributed by atoms with Crippen LogP contribution in [0.15, 0.2) is 54.6 Å². The van der Waals surface area contributed by atoms with E-state index < -0.39 is 0 Å². The number of carbonyl (C=O) groups is 1. The fourth-order valence-corrected chi connectivity index (χ4v) is 3.74. The Morgan fingerprint density at radius 2 is 1.83 bits per heavy atom. The van der Waals surface area contributed by atoms with Gasteiger partial charge in [0.1, 0.15) is 11.9 Å². The third kappa shape index (κ3) is 4.90. The molecule has 0 aliphatic carbocycles. The van der Waals surface area contributed by atoms with E-state index in [2.05, 4.69) is 20.4 Å². The van der Waals surface area contributed by atoms with Crippen molar-refractivity contribution in [2.45, 2.75) is 13.0 Å². The Kier molecular flexibility index (Phi) is 6.02. The van der Waals surface area contributed by atoms with E-state index in [0.717, 1.165) is 37.7 Å². The van der Waals surface area contributed by atoms with Crippen LogP contribution in [-0.4, -0.2) is 42.4 Å². The van der Waals surface area contributed by atoms with Gasteiger partial charge >= 0.3 is 0 Å². The van der Waals surface area contributed by atoms with Crippen LogP contribution in [0.25, 0.3) is 0 Å². The lowest BCUT2D eigenvalue weighted by Crippen LogP contribution is -2.36. The lowest BCUT2D eigenvalue weighted by molar-refractivity contribution is 0.102. The molecule has 0 bridgehead atoms. The molecular weight excluding hydrogens is 388 g/mol. The number of anilines is 2. The highest BCUT2D eigenvalue weighted by atomic mass is 32.1. The molecule has 0 saturated carbocycles. The molecule has 1 amide bonds. The molecule has 4 rings (SSSR count). The largest absolute Gasteiger partial charge is 0.483 e. The lowest BCUT2D eigenvalue weighted by atomic mass is 10.2. The highest BCUT2D eigenvalue weighted by Crippen LogP contribution is 2.26. The number of amides is 1. The zero-order valence-electron chi connectivity index (χ0n) is 16.1. The number of para-hydroxylation sites is 1. The van der Waals surface area contributed by atoms with Gasteiger partial charge in [-0.15, -0.1) is 10.2 Å². The number of nitrogens with zero attached hydrogens (tertiary/aromatic N) is 3. The van der Waals surface area contributed by atoms with Gasteiger partial charge < -0.3 is 14.4 Å². The minimum atomic E-state index is -0.256. The van der Waals surface area contributed by atoms with Crippen molar-refractivity contribution in [2.75, 3.05) is 36.5 Å². The first-order valence-corrected chi connectivity index (χ1v) is 10.3. The molecule has 2 aromatic carbocycles. The van der Waals surface area contributed by atoms with Crippen molar-refractivity contribution < 1.29 is 14.3 Å². The molecule has 1 aliphatic rings. The summed E-state index contributed by atoms with van der Waals surface area (Å²) in [5.41, 5.74) is 1.67. The fraction of sp³-hybridized carbons (Fsp3) is 0.286. The number of hydrogen-bond donors (Lipinski definition) is 1. The number of hydrogen-bond acceptors (Lipinski definition) is 7. The Morgan fingerprint density at radius 3 is 2.55 bits per heavy atom. The van der Waals surface area contributed by atoms with Gasteiger partial charge in [0.25, 0.3) is 5.91 Å². The molecule has 0 radical (unpaired) electrons. The molecule has 1 fully saturated rings. The Bertz CT molecular complexity index is 940. The van der Waals surface area contributed by atoms with E-state index in [1.54, 1.807) is 0 Å². The highest BCUT2D eigenvalue weighted by Gasteiger charge is 2.16. The SMILES string of the molecule is C[C@H](Oc1ccccc1)c1nnc(NC(=O)c2ccc(N3CCOCC3)cc2)s1. The maximum Gasteiger partial charge on any atom is 0.257 e. The first-order valence-electron chi connectivity index (χ1n) is 9.48. The molecule has 2 heterocycles. The normalized spacial score (nSPS) is 15.0. The van der Waals surface area contributed by atoms with E-state index in [4.69, 9.17) is 9.47 Å². The van der Waals surface area contributed by atoms with Crippen LogP contribution in [0.4, 0.5) is 10.8 Å². The van der Waals surface area contributed by atoms with E-state index in [1.165, 1.54) is 11.3 Å². The predicted molar refractivity (Wildman–Crippen MR) is 113 cm³/mol. The van der Waals surface area contributed by atoms with Gasteiger partial charge in [0, 0.05) is 24.3 Å². The van der Waals surface area contributed by atoms with Gasteiger partial charge in [-0.05, 0) is 43.3 Å². The molecule has 8 heteroatoms. The summed E-state index contributed by atoms with van der Waals surface area (Å²) >= 11 is 1.31. The zero-order valence-corrected chi connectivity index (χ0v) is 16.9. The van der Waals surface area contributed by atoms with Crippen LogP contribution >= 0.6 is 11.3 Å². The summed E-state index contributed by atoms with van der Waals surface area (Å²) in [5.74, 6) is 0.555. The first-order chi connectivity index (χ1) is 14.2. The molecule has 1 N–H and O–H groups in total. The van der Waals surface area contributed by atoms with Crippen LogP contribution in [0, 0.1) is 0 Å². The standard InChI is InChI=1S/C21H22N4O3S/c1-15(28-18-5-3-2-4-6-18)20-23-24-21(29-20)22-19(26)16-7-9-17(10-8-16)25-11-13-27-14-12-25/h2-10,15H,11-14H2,1H3,(H,22,24,26)/t15-/m0/s1. The maximum absolute atomic E-state index is 12.5. The van der Waals surface area contributed by atoms with Gasteiger partial charge in [-0.25, -0.2) is 0 Å². The van der Waals surface area contributed by atoms with Gasteiger partial charge in [0.15, 0.2) is 5.01 Å². The van der Waals surface area contributed by atoms with Crippen LogP contribution < -0.4 is 15.0 Å². The molecule has 0 unspecified atom stereocenters. The number of ether oxygens (including phenoxy) is 2. The van der Waals surface area contributed by atoms with Crippen LogP contribution in [0.2, 0.25) is 0 Å². The van der Waals surface area contributed by atoms with E-state index in [9.17, 15) is 4.79 Å². The molecule has 3 aromatic rings. The Morgan fingerprint density at radius 1 is 1.10 bits per heavy atom. The minimum absolute atomic E-state index is 0.210. The second-order valence-corrected chi connectivity index (χ2v) is 7.63. The zero-order chi connectivity index (χ0) is 20.1. The predicted octanol–water partition coefficient (Wildman–Crippen LogP) is 3.77. The molecule has 0 spiro atoms. The van der Waals surface area contributed by atoms with Crippen molar-refractivity contribution in [3.63, 3.8) is 0 Å². The van der Waals surface area contributed by atoms with Gasteiger partial charge in [0.2, 0.25) is 5.13 Å². The summed E-state index contributed by atoms with van der Waals surface area (Å²) < 4.78 is 11.2. The van der Waals surface area contributed by atoms with Crippen LogP contribution in [0.1, 0.15) is 28.4 Å². The molecule has 1 aromatic heterocycles. The third-order valence-corrected chi connectivity index (χ3v) is 5.57. The maximum atomic E-state index is 12.5. The summed E-state index contributed by atoms with van der Waals surface area (Å²) in [6.07, 6.45) is -0.256.